The Morgan fingerprint density at radius 1 is 1.06 bits per heavy atom. The molecule has 1 amide bonds. The van der Waals surface area contributed by atoms with E-state index >= 15 is 0 Å². The van der Waals surface area contributed by atoms with Crippen LogP contribution in [0.4, 0.5) is 4.39 Å². The summed E-state index contributed by atoms with van der Waals surface area (Å²) in [6.07, 6.45) is 4.80. The van der Waals surface area contributed by atoms with Gasteiger partial charge in [0.25, 0.3) is 5.91 Å². The van der Waals surface area contributed by atoms with E-state index in [1.165, 1.54) is 24.1 Å². The topological polar surface area (TPSA) is 76.6 Å². The first-order valence-electron chi connectivity index (χ1n) is 10.7. The van der Waals surface area contributed by atoms with Gasteiger partial charge in [-0.3, -0.25) is 9.78 Å². The smallest absolute Gasteiger partial charge is 0.259 e. The van der Waals surface area contributed by atoms with Gasteiger partial charge in [0.1, 0.15) is 5.82 Å². The lowest BCUT2D eigenvalue weighted by molar-refractivity contribution is -0.156. The lowest BCUT2D eigenvalue weighted by atomic mass is 9.91. The quantitative estimate of drug-likeness (QED) is 0.509. The highest BCUT2D eigenvalue weighted by molar-refractivity contribution is 7.94. The maximum absolute atomic E-state index is 13.9. The molecule has 1 aliphatic rings. The molecule has 0 fully saturated rings. The SMILES string of the molecule is CO[C@@](C)(C(=O)N(Cc1ccncc1)[C@@H]1C=CS(=O)(=O)C1)c1ccc(-c2ccc(F)cc2)cc1. The van der Waals surface area contributed by atoms with Gasteiger partial charge >= 0.3 is 0 Å². The molecule has 0 bridgehead atoms. The van der Waals surface area contributed by atoms with Gasteiger partial charge in [-0.05, 0) is 59.5 Å². The first-order chi connectivity index (χ1) is 16.2. The van der Waals surface area contributed by atoms with Crippen LogP contribution in [0.3, 0.4) is 0 Å². The van der Waals surface area contributed by atoms with Crippen molar-refractivity contribution in [3.05, 3.63) is 101 Å². The van der Waals surface area contributed by atoms with Gasteiger partial charge in [0, 0.05) is 31.5 Å². The molecule has 1 aromatic heterocycles. The third-order valence-electron chi connectivity index (χ3n) is 6.10. The maximum Gasteiger partial charge on any atom is 0.259 e. The first kappa shape index (κ1) is 23.8. The highest BCUT2D eigenvalue weighted by atomic mass is 32.2. The molecule has 0 saturated heterocycles. The Labute approximate surface area is 198 Å². The van der Waals surface area contributed by atoms with E-state index in [0.717, 1.165) is 22.1 Å². The molecule has 0 N–H and O–H groups in total. The summed E-state index contributed by atoms with van der Waals surface area (Å²) >= 11 is 0. The Morgan fingerprint density at radius 2 is 1.65 bits per heavy atom. The number of nitrogens with zero attached hydrogens (tertiary/aromatic N) is 2. The molecule has 0 radical (unpaired) electrons. The number of hydrogen-bond donors (Lipinski definition) is 0. The van der Waals surface area contributed by atoms with Gasteiger partial charge < -0.3 is 9.64 Å². The van der Waals surface area contributed by atoms with Crippen molar-refractivity contribution in [2.45, 2.75) is 25.1 Å². The largest absolute Gasteiger partial charge is 0.364 e. The van der Waals surface area contributed by atoms with Gasteiger partial charge in [-0.15, -0.1) is 0 Å². The van der Waals surface area contributed by atoms with E-state index in [-0.39, 0.29) is 24.0 Å². The molecule has 34 heavy (non-hydrogen) atoms. The number of ether oxygens (including phenoxy) is 1. The summed E-state index contributed by atoms with van der Waals surface area (Å²) in [6, 6.07) is 16.4. The van der Waals surface area contributed by atoms with Crippen molar-refractivity contribution >= 4 is 15.7 Å². The van der Waals surface area contributed by atoms with Crippen LogP contribution in [0.15, 0.2) is 84.5 Å². The number of pyridine rings is 1. The second-order valence-electron chi connectivity index (χ2n) is 8.34. The van der Waals surface area contributed by atoms with Crippen LogP contribution in [0.25, 0.3) is 11.1 Å². The molecule has 0 unspecified atom stereocenters. The van der Waals surface area contributed by atoms with E-state index in [4.69, 9.17) is 4.74 Å². The predicted molar refractivity (Wildman–Crippen MR) is 128 cm³/mol. The number of carbonyl (C=O) groups is 1. The number of sulfone groups is 1. The molecule has 1 aliphatic heterocycles. The molecule has 0 aliphatic carbocycles. The molecule has 0 spiro atoms. The van der Waals surface area contributed by atoms with Crippen molar-refractivity contribution in [1.82, 2.24) is 9.88 Å². The maximum atomic E-state index is 13.9. The third kappa shape index (κ3) is 4.93. The summed E-state index contributed by atoms with van der Waals surface area (Å²) in [4.78, 5) is 19.5. The van der Waals surface area contributed by atoms with Crippen molar-refractivity contribution in [2.24, 2.45) is 0 Å². The van der Waals surface area contributed by atoms with Gasteiger partial charge in [-0.2, -0.15) is 0 Å². The Balaban J connectivity index is 1.66. The minimum absolute atomic E-state index is 0.173. The third-order valence-corrected chi connectivity index (χ3v) is 7.48. The molecule has 2 aromatic carbocycles. The molecule has 8 heteroatoms. The molecular formula is C26H25FN2O4S. The van der Waals surface area contributed by atoms with Gasteiger partial charge in [-0.1, -0.05) is 36.4 Å². The van der Waals surface area contributed by atoms with Crippen LogP contribution in [0, 0.1) is 5.82 Å². The van der Waals surface area contributed by atoms with Crippen molar-refractivity contribution in [2.75, 3.05) is 12.9 Å². The Bertz CT molecular complexity index is 1290. The number of halogens is 1. The Hall–Kier alpha value is -3.36. The zero-order valence-electron chi connectivity index (χ0n) is 18.9. The zero-order valence-corrected chi connectivity index (χ0v) is 19.7. The van der Waals surface area contributed by atoms with Gasteiger partial charge in [-0.25, -0.2) is 12.8 Å². The molecule has 2 atom stereocenters. The van der Waals surface area contributed by atoms with Gasteiger partial charge in [0.15, 0.2) is 15.4 Å². The van der Waals surface area contributed by atoms with E-state index in [0.29, 0.717) is 5.56 Å². The van der Waals surface area contributed by atoms with Crippen molar-refractivity contribution in [3.8, 4) is 11.1 Å². The fourth-order valence-corrected chi connectivity index (χ4v) is 5.30. The van der Waals surface area contributed by atoms with Crippen LogP contribution in [0.5, 0.6) is 0 Å². The predicted octanol–water partition coefficient (Wildman–Crippen LogP) is 4.09. The molecule has 6 nitrogen and oxygen atoms in total. The number of methoxy groups -OCH3 is 1. The van der Waals surface area contributed by atoms with Crippen LogP contribution in [0.2, 0.25) is 0 Å². The van der Waals surface area contributed by atoms with Crippen molar-refractivity contribution in [1.29, 1.82) is 0 Å². The summed E-state index contributed by atoms with van der Waals surface area (Å²) < 4.78 is 43.2. The summed E-state index contributed by atoms with van der Waals surface area (Å²) in [7, 11) is -1.92. The second kappa shape index (κ2) is 9.48. The molecule has 4 rings (SSSR count). The Kier molecular flexibility index (Phi) is 6.63. The normalized spacial score (nSPS) is 18.4. The minimum Gasteiger partial charge on any atom is -0.364 e. The van der Waals surface area contributed by atoms with E-state index in [2.05, 4.69) is 4.98 Å². The number of carbonyl (C=O) groups excluding carboxylic acids is 1. The van der Waals surface area contributed by atoms with Gasteiger partial charge in [0.05, 0.1) is 11.8 Å². The lowest BCUT2D eigenvalue weighted by Crippen LogP contribution is -2.50. The minimum atomic E-state index is -3.38. The van der Waals surface area contributed by atoms with Crippen molar-refractivity contribution in [3.63, 3.8) is 0 Å². The molecule has 2 heterocycles. The van der Waals surface area contributed by atoms with E-state index in [9.17, 15) is 17.6 Å². The molecular weight excluding hydrogens is 455 g/mol. The van der Waals surface area contributed by atoms with Crippen LogP contribution < -0.4 is 0 Å². The monoisotopic (exact) mass is 480 g/mol. The van der Waals surface area contributed by atoms with E-state index in [1.807, 2.05) is 12.1 Å². The number of hydrogen-bond acceptors (Lipinski definition) is 5. The lowest BCUT2D eigenvalue weighted by Gasteiger charge is -2.36. The summed E-state index contributed by atoms with van der Waals surface area (Å²) in [5.74, 6) is -0.837. The van der Waals surface area contributed by atoms with E-state index < -0.39 is 21.5 Å². The summed E-state index contributed by atoms with van der Waals surface area (Å²) in [6.45, 7) is 1.88. The summed E-state index contributed by atoms with van der Waals surface area (Å²) in [5.41, 5.74) is 1.81. The van der Waals surface area contributed by atoms with Crippen LogP contribution in [-0.4, -0.2) is 43.1 Å². The highest BCUT2D eigenvalue weighted by Crippen LogP contribution is 2.32. The average Bonchev–Trinajstić information content (AvgIpc) is 3.22. The second-order valence-corrected chi connectivity index (χ2v) is 10.3. The fraction of sp³-hybridized carbons (Fsp3) is 0.231. The highest BCUT2D eigenvalue weighted by Gasteiger charge is 2.42. The number of rotatable bonds is 7. The average molecular weight is 481 g/mol. The zero-order chi connectivity index (χ0) is 24.3. The number of amides is 1. The van der Waals surface area contributed by atoms with Crippen LogP contribution >= 0.6 is 0 Å². The summed E-state index contributed by atoms with van der Waals surface area (Å²) in [5, 5.41) is 1.16. The number of benzene rings is 2. The van der Waals surface area contributed by atoms with E-state index in [1.54, 1.807) is 61.8 Å². The molecule has 0 saturated carbocycles. The first-order valence-corrected chi connectivity index (χ1v) is 12.5. The molecule has 176 valence electrons. The van der Waals surface area contributed by atoms with Crippen molar-refractivity contribution < 1.29 is 22.3 Å². The standard InChI is InChI=1S/C26H25FN2O4S/c1-26(33-2,22-7-3-20(4-8-22)21-5-9-23(27)10-6-21)25(30)29(17-19-11-14-28-15-12-19)24-13-16-34(31,32)18-24/h3-16,24H,17-18H2,1-2H3/t24-,26-/m1/s1. The number of aromatic nitrogens is 1. The Morgan fingerprint density at radius 3 is 2.18 bits per heavy atom. The molecule has 3 aromatic rings. The van der Waals surface area contributed by atoms with Crippen LogP contribution in [0.1, 0.15) is 18.1 Å². The van der Waals surface area contributed by atoms with Gasteiger partial charge in [0.2, 0.25) is 0 Å². The fourth-order valence-electron chi connectivity index (χ4n) is 4.00. The van der Waals surface area contributed by atoms with Crippen LogP contribution in [-0.2, 0) is 31.5 Å².